The van der Waals surface area contributed by atoms with Crippen LogP contribution in [0.3, 0.4) is 0 Å². The molecular formula is C19H20N2O4S. The van der Waals surface area contributed by atoms with Crippen molar-refractivity contribution in [3.05, 3.63) is 54.2 Å². The lowest BCUT2D eigenvalue weighted by molar-refractivity contribution is 0.416. The third-order valence-electron chi connectivity index (χ3n) is 3.99. The van der Waals surface area contributed by atoms with E-state index in [4.69, 9.17) is 9.15 Å². The second kappa shape index (κ2) is 7.21. The van der Waals surface area contributed by atoms with Crippen molar-refractivity contribution in [2.45, 2.75) is 18.7 Å². The molecule has 1 aromatic heterocycles. The molecule has 6 nitrogen and oxygen atoms in total. The Bertz CT molecular complexity index is 1010. The zero-order valence-corrected chi connectivity index (χ0v) is 15.6. The molecular weight excluding hydrogens is 352 g/mol. The molecule has 1 N–H and O–H groups in total. The molecule has 136 valence electrons. The van der Waals surface area contributed by atoms with Gasteiger partial charge in [0.05, 0.1) is 29.6 Å². The van der Waals surface area contributed by atoms with E-state index in [9.17, 15) is 8.42 Å². The maximum atomic E-state index is 12.1. The molecule has 26 heavy (non-hydrogen) atoms. The van der Waals surface area contributed by atoms with Gasteiger partial charge in [0, 0.05) is 5.56 Å². The Balaban J connectivity index is 1.91. The van der Waals surface area contributed by atoms with Crippen LogP contribution >= 0.6 is 0 Å². The van der Waals surface area contributed by atoms with Crippen molar-refractivity contribution in [2.75, 3.05) is 18.2 Å². The number of ether oxygens (including phenoxy) is 1. The zero-order chi connectivity index (χ0) is 18.7. The van der Waals surface area contributed by atoms with Crippen LogP contribution in [0.1, 0.15) is 12.5 Å². The number of benzene rings is 2. The lowest BCUT2D eigenvalue weighted by Crippen LogP contribution is -2.05. The summed E-state index contributed by atoms with van der Waals surface area (Å²) in [5.74, 6) is 1.13. The lowest BCUT2D eigenvalue weighted by atomic mass is 10.1. The normalized spacial score (nSPS) is 11.3. The van der Waals surface area contributed by atoms with E-state index in [-0.39, 0.29) is 16.7 Å². The van der Waals surface area contributed by atoms with Crippen LogP contribution < -0.4 is 10.1 Å². The van der Waals surface area contributed by atoms with Crippen LogP contribution in [0.25, 0.3) is 11.3 Å². The molecule has 0 aliphatic rings. The van der Waals surface area contributed by atoms with E-state index in [0.717, 1.165) is 11.1 Å². The molecule has 0 amide bonds. The van der Waals surface area contributed by atoms with E-state index in [2.05, 4.69) is 10.3 Å². The number of sulfone groups is 1. The Morgan fingerprint density at radius 1 is 1.15 bits per heavy atom. The molecule has 0 spiro atoms. The predicted molar refractivity (Wildman–Crippen MR) is 101 cm³/mol. The van der Waals surface area contributed by atoms with Gasteiger partial charge < -0.3 is 14.5 Å². The topological polar surface area (TPSA) is 81.4 Å². The van der Waals surface area contributed by atoms with Crippen molar-refractivity contribution in [3.8, 4) is 17.1 Å². The van der Waals surface area contributed by atoms with E-state index in [0.29, 0.717) is 17.2 Å². The van der Waals surface area contributed by atoms with Crippen molar-refractivity contribution in [1.29, 1.82) is 0 Å². The minimum Gasteiger partial charge on any atom is -0.495 e. The molecule has 0 aliphatic carbocycles. The quantitative estimate of drug-likeness (QED) is 0.698. The van der Waals surface area contributed by atoms with E-state index in [1.165, 1.54) is 19.2 Å². The molecule has 0 radical (unpaired) electrons. The summed E-state index contributed by atoms with van der Waals surface area (Å²) in [6, 6.07) is 12.8. The van der Waals surface area contributed by atoms with Crippen LogP contribution in [-0.4, -0.2) is 26.3 Å². The van der Waals surface area contributed by atoms with Crippen molar-refractivity contribution in [2.24, 2.45) is 0 Å². The van der Waals surface area contributed by atoms with Crippen LogP contribution in [0.15, 0.2) is 58.0 Å². The van der Waals surface area contributed by atoms with E-state index in [1.54, 1.807) is 19.2 Å². The fraction of sp³-hybridized carbons (Fsp3) is 0.211. The number of methoxy groups -OCH3 is 1. The van der Waals surface area contributed by atoms with Crippen LogP contribution in [0.2, 0.25) is 0 Å². The molecule has 7 heteroatoms. The number of aryl methyl sites for hydroxylation is 1. The van der Waals surface area contributed by atoms with Crippen LogP contribution in [0, 0.1) is 6.92 Å². The molecule has 0 aliphatic heterocycles. The lowest BCUT2D eigenvalue weighted by Gasteiger charge is -2.10. The van der Waals surface area contributed by atoms with Gasteiger partial charge in [-0.05, 0) is 25.1 Å². The van der Waals surface area contributed by atoms with Gasteiger partial charge in [0.2, 0.25) is 0 Å². The molecule has 0 bridgehead atoms. The average molecular weight is 372 g/mol. The Kier molecular flexibility index (Phi) is 4.99. The number of rotatable bonds is 6. The molecule has 0 fully saturated rings. The molecule has 3 aromatic rings. The van der Waals surface area contributed by atoms with Crippen molar-refractivity contribution in [1.82, 2.24) is 4.98 Å². The molecule has 3 rings (SSSR count). The predicted octanol–water partition coefficient (Wildman–Crippen LogP) is 4.20. The summed E-state index contributed by atoms with van der Waals surface area (Å²) in [6.07, 6.45) is 1.62. The number of oxazole rings is 1. The van der Waals surface area contributed by atoms with Gasteiger partial charge in [0.15, 0.2) is 15.6 Å². The maximum Gasteiger partial charge on any atom is 0.299 e. The summed E-state index contributed by atoms with van der Waals surface area (Å²) in [4.78, 5) is 4.43. The molecule has 0 atom stereocenters. The molecule has 1 heterocycles. The van der Waals surface area contributed by atoms with Gasteiger partial charge in [0.25, 0.3) is 6.01 Å². The SMILES string of the molecule is CCS(=O)(=O)c1ccc(OC)c(Nc2ncc(-c3ccc(C)cc3)o2)c1. The van der Waals surface area contributed by atoms with Crippen molar-refractivity contribution in [3.63, 3.8) is 0 Å². The standard InChI is InChI=1S/C19H20N2O4S/c1-4-26(22,23)15-9-10-17(24-3)16(11-15)21-19-20-12-18(25-19)14-7-5-13(2)6-8-14/h5-12H,4H2,1-3H3,(H,20,21). The first-order valence-corrected chi connectivity index (χ1v) is 9.79. The second-order valence-electron chi connectivity index (χ2n) is 5.79. The van der Waals surface area contributed by atoms with Crippen molar-refractivity contribution >= 4 is 21.5 Å². The smallest absolute Gasteiger partial charge is 0.299 e. The van der Waals surface area contributed by atoms with Gasteiger partial charge in [0.1, 0.15) is 5.75 Å². The number of hydrogen-bond donors (Lipinski definition) is 1. The largest absolute Gasteiger partial charge is 0.495 e. The van der Waals surface area contributed by atoms with Crippen LogP contribution in [0.4, 0.5) is 11.7 Å². The van der Waals surface area contributed by atoms with E-state index in [1.807, 2.05) is 31.2 Å². The minimum absolute atomic E-state index is 0.0232. The summed E-state index contributed by atoms with van der Waals surface area (Å²) in [5.41, 5.74) is 2.54. The highest BCUT2D eigenvalue weighted by molar-refractivity contribution is 7.91. The molecule has 0 saturated carbocycles. The minimum atomic E-state index is -3.33. The summed E-state index contributed by atoms with van der Waals surface area (Å²) < 4.78 is 35.3. The number of hydrogen-bond acceptors (Lipinski definition) is 6. The van der Waals surface area contributed by atoms with E-state index < -0.39 is 9.84 Å². The number of anilines is 2. The molecule has 0 unspecified atom stereocenters. The molecule has 2 aromatic carbocycles. The van der Waals surface area contributed by atoms with Gasteiger partial charge in [-0.2, -0.15) is 0 Å². The van der Waals surface area contributed by atoms with Gasteiger partial charge in [-0.1, -0.05) is 36.8 Å². The third-order valence-corrected chi connectivity index (χ3v) is 5.73. The Morgan fingerprint density at radius 2 is 1.88 bits per heavy atom. The van der Waals surface area contributed by atoms with Gasteiger partial charge in [-0.25, -0.2) is 13.4 Å². The highest BCUT2D eigenvalue weighted by Gasteiger charge is 2.16. The van der Waals surface area contributed by atoms with Crippen LogP contribution in [0.5, 0.6) is 5.75 Å². The summed E-state index contributed by atoms with van der Waals surface area (Å²) in [6.45, 7) is 3.62. The fourth-order valence-electron chi connectivity index (χ4n) is 2.44. The first-order valence-electron chi connectivity index (χ1n) is 8.13. The second-order valence-corrected chi connectivity index (χ2v) is 8.06. The maximum absolute atomic E-state index is 12.1. The third kappa shape index (κ3) is 3.72. The van der Waals surface area contributed by atoms with Crippen molar-refractivity contribution < 1.29 is 17.6 Å². The fourth-order valence-corrected chi connectivity index (χ4v) is 3.35. The summed E-state index contributed by atoms with van der Waals surface area (Å²) in [5, 5.41) is 2.99. The first kappa shape index (κ1) is 18.0. The molecule has 0 saturated heterocycles. The number of aromatic nitrogens is 1. The average Bonchev–Trinajstić information content (AvgIpc) is 3.10. The Morgan fingerprint density at radius 3 is 2.54 bits per heavy atom. The van der Waals surface area contributed by atoms with Crippen LogP contribution in [-0.2, 0) is 9.84 Å². The Hall–Kier alpha value is -2.80. The highest BCUT2D eigenvalue weighted by Crippen LogP contribution is 2.32. The highest BCUT2D eigenvalue weighted by atomic mass is 32.2. The van der Waals surface area contributed by atoms with Gasteiger partial charge >= 0.3 is 0 Å². The first-order chi connectivity index (χ1) is 12.4. The summed E-state index contributed by atoms with van der Waals surface area (Å²) in [7, 11) is -1.81. The Labute approximate surface area is 152 Å². The number of nitrogens with zero attached hydrogens (tertiary/aromatic N) is 1. The monoisotopic (exact) mass is 372 g/mol. The van der Waals surface area contributed by atoms with Gasteiger partial charge in [-0.3, -0.25) is 0 Å². The zero-order valence-electron chi connectivity index (χ0n) is 14.8. The number of nitrogens with one attached hydrogen (secondary N) is 1. The summed E-state index contributed by atoms with van der Waals surface area (Å²) >= 11 is 0. The van der Waals surface area contributed by atoms with Gasteiger partial charge in [-0.15, -0.1) is 0 Å². The van der Waals surface area contributed by atoms with E-state index >= 15 is 0 Å².